The fourth-order valence-electron chi connectivity index (χ4n) is 1.15. The summed E-state index contributed by atoms with van der Waals surface area (Å²) in [6.07, 6.45) is 0.659. The minimum Gasteiger partial charge on any atom is -0.353 e. The first-order valence-electron chi connectivity index (χ1n) is 3.76. The Morgan fingerprint density at radius 1 is 1.62 bits per heavy atom. The molecule has 2 aromatic heterocycles. The molecule has 68 valence electrons. The highest BCUT2D eigenvalue weighted by molar-refractivity contribution is 9.10. The number of fused-ring (bicyclic) bond motifs is 1. The van der Waals surface area contributed by atoms with E-state index < -0.39 is 0 Å². The van der Waals surface area contributed by atoms with E-state index in [1.807, 2.05) is 6.92 Å². The van der Waals surface area contributed by atoms with Gasteiger partial charge >= 0.3 is 0 Å². The lowest BCUT2D eigenvalue weighted by Crippen LogP contribution is -2.08. The van der Waals surface area contributed by atoms with Crippen molar-refractivity contribution >= 4 is 26.9 Å². The molecule has 0 fully saturated rings. The van der Waals surface area contributed by atoms with Crippen LogP contribution in [0.15, 0.2) is 13.9 Å². The van der Waals surface area contributed by atoms with Crippen molar-refractivity contribution in [3.8, 4) is 0 Å². The third-order valence-electron chi connectivity index (χ3n) is 1.77. The van der Waals surface area contributed by atoms with Crippen LogP contribution in [-0.2, 0) is 6.42 Å². The van der Waals surface area contributed by atoms with Crippen molar-refractivity contribution in [1.29, 1.82) is 0 Å². The van der Waals surface area contributed by atoms with Crippen LogP contribution in [0.25, 0.3) is 11.0 Å². The van der Waals surface area contributed by atoms with E-state index in [1.54, 1.807) is 0 Å². The van der Waals surface area contributed by atoms with Crippen LogP contribution in [0.5, 0.6) is 0 Å². The van der Waals surface area contributed by atoms with Gasteiger partial charge in [-0.25, -0.2) is 5.10 Å². The quantitative estimate of drug-likeness (QED) is 0.818. The predicted molar refractivity (Wildman–Crippen MR) is 49.5 cm³/mol. The van der Waals surface area contributed by atoms with Crippen LogP contribution in [0.4, 0.5) is 0 Å². The van der Waals surface area contributed by atoms with Gasteiger partial charge in [-0.3, -0.25) is 4.79 Å². The first kappa shape index (κ1) is 8.43. The molecule has 0 saturated heterocycles. The van der Waals surface area contributed by atoms with Gasteiger partial charge in [0.05, 0.1) is 5.69 Å². The Labute approximate surface area is 81.2 Å². The molecular formula is C7H6BrN3O2. The molecule has 0 amide bonds. The number of hydrogen-bond donors (Lipinski definition) is 1. The molecule has 2 aromatic rings. The molecule has 0 unspecified atom stereocenters. The normalized spacial score (nSPS) is 10.9. The Hall–Kier alpha value is -1.17. The van der Waals surface area contributed by atoms with Gasteiger partial charge in [0.15, 0.2) is 4.60 Å². The molecule has 1 N–H and O–H groups in total. The van der Waals surface area contributed by atoms with E-state index in [9.17, 15) is 4.79 Å². The van der Waals surface area contributed by atoms with Gasteiger partial charge in [-0.15, -0.1) is 0 Å². The van der Waals surface area contributed by atoms with Crippen LogP contribution in [-0.4, -0.2) is 15.4 Å². The molecule has 13 heavy (non-hydrogen) atoms. The smallest absolute Gasteiger partial charge is 0.277 e. The van der Waals surface area contributed by atoms with E-state index in [-0.39, 0.29) is 5.56 Å². The summed E-state index contributed by atoms with van der Waals surface area (Å²) >= 11 is 3.16. The van der Waals surface area contributed by atoms with E-state index >= 15 is 0 Å². The number of aromatic nitrogens is 3. The number of H-pyrrole nitrogens is 1. The third kappa shape index (κ3) is 1.17. The van der Waals surface area contributed by atoms with Gasteiger partial charge in [-0.2, -0.15) is 5.10 Å². The minimum atomic E-state index is -0.267. The summed E-state index contributed by atoms with van der Waals surface area (Å²) in [7, 11) is 0. The van der Waals surface area contributed by atoms with E-state index in [0.717, 1.165) is 0 Å². The summed E-state index contributed by atoms with van der Waals surface area (Å²) in [6, 6.07) is 0. The van der Waals surface area contributed by atoms with Gasteiger partial charge in [0.25, 0.3) is 5.56 Å². The second-order valence-corrected chi connectivity index (χ2v) is 3.28. The lowest BCUT2D eigenvalue weighted by Gasteiger charge is -1.89. The zero-order valence-corrected chi connectivity index (χ0v) is 8.38. The van der Waals surface area contributed by atoms with Crippen LogP contribution >= 0.6 is 15.9 Å². The molecule has 0 saturated carbocycles. The van der Waals surface area contributed by atoms with E-state index in [2.05, 4.69) is 31.3 Å². The first-order chi connectivity index (χ1) is 6.24. The van der Waals surface area contributed by atoms with Gasteiger partial charge in [0.2, 0.25) is 5.58 Å². The fourth-order valence-corrected chi connectivity index (χ4v) is 1.51. The lowest BCUT2D eigenvalue weighted by atomic mass is 10.2. The average molecular weight is 244 g/mol. The molecule has 0 bridgehead atoms. The summed E-state index contributed by atoms with van der Waals surface area (Å²) in [5.41, 5.74) is 0.788. The van der Waals surface area contributed by atoms with Gasteiger partial charge < -0.3 is 4.52 Å². The monoisotopic (exact) mass is 243 g/mol. The van der Waals surface area contributed by atoms with Crippen LogP contribution in [0.3, 0.4) is 0 Å². The number of nitrogens with one attached hydrogen (secondary N) is 1. The van der Waals surface area contributed by atoms with E-state index in [0.29, 0.717) is 27.7 Å². The topological polar surface area (TPSA) is 71.8 Å². The fraction of sp³-hybridized carbons (Fsp3) is 0.286. The minimum absolute atomic E-state index is 0.267. The number of aromatic amines is 1. The summed E-state index contributed by atoms with van der Waals surface area (Å²) in [6.45, 7) is 1.91. The molecule has 2 rings (SSSR count). The molecule has 2 heterocycles. The molecular weight excluding hydrogens is 238 g/mol. The van der Waals surface area contributed by atoms with Crippen LogP contribution in [0.1, 0.15) is 12.6 Å². The van der Waals surface area contributed by atoms with Crippen LogP contribution in [0.2, 0.25) is 0 Å². The van der Waals surface area contributed by atoms with Gasteiger partial charge in [0.1, 0.15) is 5.39 Å². The van der Waals surface area contributed by atoms with Crippen LogP contribution in [0, 0.1) is 0 Å². The first-order valence-corrected chi connectivity index (χ1v) is 4.55. The van der Waals surface area contributed by atoms with Gasteiger partial charge in [0, 0.05) is 0 Å². The number of aryl methyl sites for hydroxylation is 1. The Kier molecular flexibility index (Phi) is 1.91. The van der Waals surface area contributed by atoms with E-state index in [4.69, 9.17) is 4.52 Å². The van der Waals surface area contributed by atoms with Crippen molar-refractivity contribution in [2.24, 2.45) is 0 Å². The Bertz CT molecular complexity index is 502. The largest absolute Gasteiger partial charge is 0.353 e. The van der Waals surface area contributed by atoms with Crippen molar-refractivity contribution < 1.29 is 4.52 Å². The maximum absolute atomic E-state index is 11.3. The second kappa shape index (κ2) is 2.95. The Morgan fingerprint density at radius 3 is 3.08 bits per heavy atom. The molecule has 0 radical (unpaired) electrons. The Balaban J connectivity index is 2.96. The van der Waals surface area contributed by atoms with Crippen molar-refractivity contribution in [2.45, 2.75) is 13.3 Å². The molecule has 0 aliphatic rings. The van der Waals surface area contributed by atoms with Crippen molar-refractivity contribution in [1.82, 2.24) is 15.4 Å². The number of halogens is 1. The van der Waals surface area contributed by atoms with Crippen molar-refractivity contribution in [3.63, 3.8) is 0 Å². The predicted octanol–water partition coefficient (Wildman–Crippen LogP) is 1.24. The van der Waals surface area contributed by atoms with Crippen molar-refractivity contribution in [2.75, 3.05) is 0 Å². The average Bonchev–Trinajstić information content (AvgIpc) is 2.56. The molecule has 0 aliphatic carbocycles. The molecule has 5 nitrogen and oxygen atoms in total. The highest BCUT2D eigenvalue weighted by atomic mass is 79.9. The zero-order valence-electron chi connectivity index (χ0n) is 6.80. The van der Waals surface area contributed by atoms with Crippen LogP contribution < -0.4 is 5.56 Å². The maximum atomic E-state index is 11.3. The summed E-state index contributed by atoms with van der Waals surface area (Å²) in [5, 5.41) is 10.3. The molecule has 0 atom stereocenters. The number of hydrogen-bond acceptors (Lipinski definition) is 4. The molecule has 6 heteroatoms. The lowest BCUT2D eigenvalue weighted by molar-refractivity contribution is 0.444. The summed E-state index contributed by atoms with van der Waals surface area (Å²) in [5.74, 6) is 0. The highest BCUT2D eigenvalue weighted by Gasteiger charge is 2.13. The molecule has 0 aromatic carbocycles. The highest BCUT2D eigenvalue weighted by Crippen LogP contribution is 2.20. The van der Waals surface area contributed by atoms with E-state index in [1.165, 1.54) is 0 Å². The second-order valence-electron chi connectivity index (χ2n) is 2.53. The standard InChI is InChI=1S/C7H6BrN3O2/c1-2-3-4-5(13-11-3)6(8)9-10-7(4)12/h2H2,1H3,(H,10,12). The molecule has 0 aliphatic heterocycles. The number of nitrogens with zero attached hydrogens (tertiary/aromatic N) is 2. The summed E-state index contributed by atoms with van der Waals surface area (Å²) in [4.78, 5) is 11.3. The van der Waals surface area contributed by atoms with Gasteiger partial charge in [-0.05, 0) is 22.4 Å². The van der Waals surface area contributed by atoms with Gasteiger partial charge in [-0.1, -0.05) is 12.1 Å². The number of rotatable bonds is 1. The SMILES string of the molecule is CCc1noc2c(Br)n[nH]c(=O)c12. The zero-order chi connectivity index (χ0) is 9.42. The third-order valence-corrected chi connectivity index (χ3v) is 2.31. The summed E-state index contributed by atoms with van der Waals surface area (Å²) < 4.78 is 5.44. The maximum Gasteiger partial charge on any atom is 0.277 e. The Morgan fingerprint density at radius 2 is 2.38 bits per heavy atom. The molecule has 0 spiro atoms. The van der Waals surface area contributed by atoms with Crippen molar-refractivity contribution in [3.05, 3.63) is 20.7 Å².